The summed E-state index contributed by atoms with van der Waals surface area (Å²) in [5, 5.41) is 9.71. The molecule has 0 aliphatic carbocycles. The number of nitriles is 1. The number of ketones is 1. The third-order valence-electron chi connectivity index (χ3n) is 2.96. The second kappa shape index (κ2) is 6.23. The third-order valence-corrected chi connectivity index (χ3v) is 3.31. The Morgan fingerprint density at radius 3 is 2.65 bits per heavy atom. The molecule has 2 aromatic rings. The van der Waals surface area contributed by atoms with Gasteiger partial charge >= 0.3 is 0 Å². The molecule has 1 unspecified atom stereocenters. The summed E-state index contributed by atoms with van der Waals surface area (Å²) in [5.41, 5.74) is 0.945. The molecule has 0 radical (unpaired) electrons. The van der Waals surface area contributed by atoms with Gasteiger partial charge in [-0.25, -0.2) is 0 Å². The van der Waals surface area contributed by atoms with E-state index < -0.39 is 5.92 Å². The number of benzene rings is 2. The van der Waals surface area contributed by atoms with Gasteiger partial charge in [-0.15, -0.1) is 0 Å². The fraction of sp³-hybridized carbons (Fsp3) is 0.125. The lowest BCUT2D eigenvalue weighted by molar-refractivity contribution is 0.0978. The number of nitrogens with zero attached hydrogens (tertiary/aromatic N) is 1. The summed E-state index contributed by atoms with van der Waals surface area (Å²) in [6.07, 6.45) is 0. The summed E-state index contributed by atoms with van der Waals surface area (Å²) in [6.45, 7) is 0. The number of halogens is 1. The number of methoxy groups -OCH3 is 1. The highest BCUT2D eigenvalue weighted by Crippen LogP contribution is 2.27. The largest absolute Gasteiger partial charge is 0.497 e. The van der Waals surface area contributed by atoms with E-state index in [1.807, 2.05) is 6.07 Å². The second-order valence-electron chi connectivity index (χ2n) is 4.18. The number of Topliss-reactive ketones (excluding diaryl/α,β-unsaturated/α-hetero) is 1. The summed E-state index contributed by atoms with van der Waals surface area (Å²) < 4.78 is 5.09. The quantitative estimate of drug-likeness (QED) is 0.802. The lowest BCUT2D eigenvalue weighted by Gasteiger charge is -2.11. The molecule has 0 heterocycles. The molecule has 4 heteroatoms. The van der Waals surface area contributed by atoms with Gasteiger partial charge in [0.15, 0.2) is 5.78 Å². The highest BCUT2D eigenvalue weighted by atomic mass is 35.5. The van der Waals surface area contributed by atoms with Gasteiger partial charge in [-0.05, 0) is 23.8 Å². The topological polar surface area (TPSA) is 50.1 Å². The monoisotopic (exact) mass is 285 g/mol. The van der Waals surface area contributed by atoms with Crippen LogP contribution >= 0.6 is 11.6 Å². The molecule has 100 valence electrons. The molecule has 0 amide bonds. The zero-order chi connectivity index (χ0) is 14.5. The lowest BCUT2D eigenvalue weighted by atomic mass is 9.92. The first-order valence-electron chi connectivity index (χ1n) is 5.99. The van der Waals surface area contributed by atoms with Crippen LogP contribution < -0.4 is 4.74 Å². The van der Waals surface area contributed by atoms with E-state index >= 15 is 0 Å². The van der Waals surface area contributed by atoms with Crippen molar-refractivity contribution in [2.45, 2.75) is 5.92 Å². The number of carbonyl (C=O) groups excluding carboxylic acids is 1. The molecule has 20 heavy (non-hydrogen) atoms. The molecule has 2 aromatic carbocycles. The van der Waals surface area contributed by atoms with Gasteiger partial charge in [0.2, 0.25) is 0 Å². The second-order valence-corrected chi connectivity index (χ2v) is 4.59. The Morgan fingerprint density at radius 1 is 1.25 bits per heavy atom. The molecule has 0 saturated heterocycles. The van der Waals surface area contributed by atoms with Crippen LogP contribution in [0.5, 0.6) is 5.75 Å². The fourth-order valence-electron chi connectivity index (χ4n) is 1.92. The summed E-state index contributed by atoms with van der Waals surface area (Å²) in [4.78, 5) is 12.5. The predicted octanol–water partition coefficient (Wildman–Crippen LogP) is 3.84. The van der Waals surface area contributed by atoms with Crippen molar-refractivity contribution in [2.24, 2.45) is 0 Å². The van der Waals surface area contributed by atoms with Gasteiger partial charge in [0, 0.05) is 10.6 Å². The first-order chi connectivity index (χ1) is 9.67. The van der Waals surface area contributed by atoms with Crippen molar-refractivity contribution in [1.29, 1.82) is 5.26 Å². The smallest absolute Gasteiger partial charge is 0.184 e. The molecule has 3 nitrogen and oxygen atoms in total. The Hall–Kier alpha value is -2.31. The van der Waals surface area contributed by atoms with Gasteiger partial charge in [0.1, 0.15) is 11.7 Å². The maximum atomic E-state index is 12.5. The van der Waals surface area contributed by atoms with Gasteiger partial charge in [-0.3, -0.25) is 4.79 Å². The lowest BCUT2D eigenvalue weighted by Crippen LogP contribution is -2.11. The summed E-state index contributed by atoms with van der Waals surface area (Å²) >= 11 is 6.06. The average molecular weight is 286 g/mol. The van der Waals surface area contributed by atoms with Crippen LogP contribution in [0.3, 0.4) is 0 Å². The Bertz CT molecular complexity index is 676. The van der Waals surface area contributed by atoms with Gasteiger partial charge in [0.25, 0.3) is 0 Å². The standard InChI is InChI=1S/C16H12ClNO2/c1-20-12-6-4-5-11(9-12)16(19)14(10-18)13-7-2-3-8-15(13)17/h2-9,14H,1H3. The summed E-state index contributed by atoms with van der Waals surface area (Å²) in [5.74, 6) is -0.637. The van der Waals surface area contributed by atoms with Crippen molar-refractivity contribution in [3.63, 3.8) is 0 Å². The molecule has 0 aromatic heterocycles. The van der Waals surface area contributed by atoms with E-state index in [1.54, 1.807) is 48.5 Å². The van der Waals surface area contributed by atoms with Crippen LogP contribution in [0.2, 0.25) is 5.02 Å². The van der Waals surface area contributed by atoms with Gasteiger partial charge in [-0.2, -0.15) is 5.26 Å². The van der Waals surface area contributed by atoms with E-state index in [-0.39, 0.29) is 5.78 Å². The fourth-order valence-corrected chi connectivity index (χ4v) is 2.17. The maximum absolute atomic E-state index is 12.5. The van der Waals surface area contributed by atoms with Gasteiger partial charge in [0.05, 0.1) is 13.2 Å². The Morgan fingerprint density at radius 2 is 2.00 bits per heavy atom. The SMILES string of the molecule is COc1cccc(C(=O)C(C#N)c2ccccc2Cl)c1. The highest BCUT2D eigenvalue weighted by molar-refractivity contribution is 6.31. The molecule has 0 bridgehead atoms. The number of rotatable bonds is 4. The van der Waals surface area contributed by atoms with E-state index in [1.165, 1.54) is 7.11 Å². The van der Waals surface area contributed by atoms with Crippen LogP contribution in [-0.2, 0) is 0 Å². The normalized spacial score (nSPS) is 11.4. The Kier molecular flexibility index (Phi) is 4.39. The minimum absolute atomic E-state index is 0.292. The van der Waals surface area contributed by atoms with Crippen LogP contribution in [0.4, 0.5) is 0 Å². The third kappa shape index (κ3) is 2.81. The molecule has 0 fully saturated rings. The summed E-state index contributed by atoms with van der Waals surface area (Å²) in [7, 11) is 1.53. The highest BCUT2D eigenvalue weighted by Gasteiger charge is 2.23. The summed E-state index contributed by atoms with van der Waals surface area (Å²) in [6, 6.07) is 15.6. The minimum Gasteiger partial charge on any atom is -0.497 e. The zero-order valence-corrected chi connectivity index (χ0v) is 11.6. The van der Waals surface area contributed by atoms with Crippen molar-refractivity contribution in [2.75, 3.05) is 7.11 Å². The molecular weight excluding hydrogens is 274 g/mol. The number of hydrogen-bond acceptors (Lipinski definition) is 3. The minimum atomic E-state index is -0.921. The first-order valence-corrected chi connectivity index (χ1v) is 6.37. The first kappa shape index (κ1) is 14.1. The molecular formula is C16H12ClNO2. The van der Waals surface area contributed by atoms with Crippen molar-refractivity contribution < 1.29 is 9.53 Å². The predicted molar refractivity (Wildman–Crippen MR) is 77.1 cm³/mol. The number of carbonyl (C=O) groups is 1. The molecule has 0 N–H and O–H groups in total. The van der Waals surface area contributed by atoms with E-state index in [9.17, 15) is 10.1 Å². The van der Waals surface area contributed by atoms with Crippen molar-refractivity contribution >= 4 is 17.4 Å². The molecule has 0 aliphatic rings. The van der Waals surface area contributed by atoms with Crippen LogP contribution in [0.25, 0.3) is 0 Å². The van der Waals surface area contributed by atoms with Gasteiger partial charge < -0.3 is 4.74 Å². The van der Waals surface area contributed by atoms with Crippen LogP contribution in [0.15, 0.2) is 48.5 Å². The van der Waals surface area contributed by atoms with Crippen LogP contribution in [0, 0.1) is 11.3 Å². The Balaban J connectivity index is 2.40. The van der Waals surface area contributed by atoms with Crippen LogP contribution in [-0.4, -0.2) is 12.9 Å². The zero-order valence-electron chi connectivity index (χ0n) is 10.8. The van der Waals surface area contributed by atoms with Crippen molar-refractivity contribution in [3.8, 4) is 11.8 Å². The van der Waals surface area contributed by atoms with E-state index in [4.69, 9.17) is 16.3 Å². The maximum Gasteiger partial charge on any atom is 0.184 e. The molecule has 0 aliphatic heterocycles. The molecule has 2 rings (SSSR count). The van der Waals surface area contributed by atoms with E-state index in [0.29, 0.717) is 21.9 Å². The number of hydrogen-bond donors (Lipinski definition) is 0. The van der Waals surface area contributed by atoms with Crippen molar-refractivity contribution in [3.05, 3.63) is 64.7 Å². The average Bonchev–Trinajstić information content (AvgIpc) is 2.49. The van der Waals surface area contributed by atoms with Crippen molar-refractivity contribution in [1.82, 2.24) is 0 Å². The van der Waals surface area contributed by atoms with Crippen LogP contribution in [0.1, 0.15) is 21.8 Å². The number of ether oxygens (including phenoxy) is 1. The molecule has 0 saturated carbocycles. The Labute approximate surface area is 122 Å². The molecule has 0 spiro atoms. The van der Waals surface area contributed by atoms with Gasteiger partial charge in [-0.1, -0.05) is 41.9 Å². The van der Waals surface area contributed by atoms with E-state index in [2.05, 4.69) is 0 Å². The molecule has 1 atom stereocenters. The van der Waals surface area contributed by atoms with E-state index in [0.717, 1.165) is 0 Å².